The summed E-state index contributed by atoms with van der Waals surface area (Å²) in [6.07, 6.45) is 0. The molecule has 2 aromatic carbocycles. The maximum atomic E-state index is 12.0. The van der Waals surface area contributed by atoms with E-state index in [1.807, 2.05) is 30.3 Å². The highest BCUT2D eigenvalue weighted by Crippen LogP contribution is 2.26. The van der Waals surface area contributed by atoms with Crippen molar-refractivity contribution in [1.82, 2.24) is 15.2 Å². The smallest absolute Gasteiger partial charge is 0.234 e. The molecule has 3 aromatic rings. The number of nitrogens with zero attached hydrogens (tertiary/aromatic N) is 2. The van der Waals surface area contributed by atoms with Crippen molar-refractivity contribution in [2.75, 3.05) is 11.1 Å². The first kappa shape index (κ1) is 17.0. The van der Waals surface area contributed by atoms with Gasteiger partial charge in [0.2, 0.25) is 11.1 Å². The van der Waals surface area contributed by atoms with E-state index in [1.54, 1.807) is 18.2 Å². The van der Waals surface area contributed by atoms with E-state index in [0.29, 0.717) is 21.7 Å². The number of carbonyl (C=O) groups is 1. The molecule has 24 heavy (non-hydrogen) atoms. The normalized spacial score (nSPS) is 10.6. The molecule has 0 radical (unpaired) electrons. The second kappa shape index (κ2) is 7.83. The van der Waals surface area contributed by atoms with Crippen molar-refractivity contribution in [2.45, 2.75) is 5.16 Å². The summed E-state index contributed by atoms with van der Waals surface area (Å²) in [6, 6.07) is 14.9. The molecule has 0 spiro atoms. The van der Waals surface area contributed by atoms with Gasteiger partial charge in [-0.3, -0.25) is 9.89 Å². The summed E-state index contributed by atoms with van der Waals surface area (Å²) in [7, 11) is 0. The summed E-state index contributed by atoms with van der Waals surface area (Å²) in [5.74, 6) is 0.738. The number of halogens is 2. The highest BCUT2D eigenvalue weighted by molar-refractivity contribution is 9.10. The zero-order chi connectivity index (χ0) is 16.9. The number of aromatic nitrogens is 3. The topological polar surface area (TPSA) is 70.7 Å². The standard InChI is InChI=1S/C16H12BrClN4OS/c17-12-7-6-11(8-13(12)18)19-14(23)9-24-16-20-15(21-22-16)10-4-2-1-3-5-10/h1-8H,9H2,(H,19,23)(H,20,21,22). The molecule has 0 aliphatic carbocycles. The van der Waals surface area contributed by atoms with Crippen LogP contribution in [0.2, 0.25) is 5.02 Å². The molecule has 1 amide bonds. The van der Waals surface area contributed by atoms with E-state index < -0.39 is 0 Å². The molecule has 1 aromatic heterocycles. The molecule has 0 saturated heterocycles. The fourth-order valence-corrected chi connectivity index (χ4v) is 2.96. The van der Waals surface area contributed by atoms with E-state index in [2.05, 4.69) is 36.4 Å². The lowest BCUT2D eigenvalue weighted by atomic mass is 10.2. The van der Waals surface area contributed by atoms with Gasteiger partial charge < -0.3 is 5.32 Å². The predicted octanol–water partition coefficient (Wildman–Crippen LogP) is 4.62. The maximum Gasteiger partial charge on any atom is 0.234 e. The van der Waals surface area contributed by atoms with Crippen LogP contribution in [0.15, 0.2) is 58.2 Å². The summed E-state index contributed by atoms with van der Waals surface area (Å²) in [6.45, 7) is 0. The van der Waals surface area contributed by atoms with E-state index in [0.717, 1.165) is 10.0 Å². The second-order valence-electron chi connectivity index (χ2n) is 4.80. The Kier molecular flexibility index (Phi) is 5.55. The van der Waals surface area contributed by atoms with Crippen LogP contribution in [0.25, 0.3) is 11.4 Å². The van der Waals surface area contributed by atoms with Crippen LogP contribution in [0.1, 0.15) is 0 Å². The van der Waals surface area contributed by atoms with Crippen LogP contribution in [-0.4, -0.2) is 26.8 Å². The fourth-order valence-electron chi connectivity index (χ4n) is 1.94. The lowest BCUT2D eigenvalue weighted by Crippen LogP contribution is -2.14. The minimum absolute atomic E-state index is 0.149. The number of aromatic amines is 1. The Labute approximate surface area is 156 Å². The molecule has 0 aliphatic heterocycles. The number of H-pyrrole nitrogens is 1. The highest BCUT2D eigenvalue weighted by Gasteiger charge is 2.09. The Balaban J connectivity index is 1.56. The minimum atomic E-state index is -0.149. The molecule has 0 atom stereocenters. The first-order valence-electron chi connectivity index (χ1n) is 6.97. The van der Waals surface area contributed by atoms with E-state index in [-0.39, 0.29) is 11.7 Å². The largest absolute Gasteiger partial charge is 0.325 e. The average Bonchev–Trinajstić information content (AvgIpc) is 3.06. The van der Waals surface area contributed by atoms with Gasteiger partial charge in [0, 0.05) is 15.7 Å². The number of carbonyl (C=O) groups excluding carboxylic acids is 1. The van der Waals surface area contributed by atoms with Gasteiger partial charge in [0.15, 0.2) is 5.82 Å². The molecule has 0 unspecified atom stereocenters. The van der Waals surface area contributed by atoms with Gasteiger partial charge in [0.1, 0.15) is 0 Å². The van der Waals surface area contributed by atoms with Crippen molar-refractivity contribution in [3.8, 4) is 11.4 Å². The molecule has 5 nitrogen and oxygen atoms in total. The van der Waals surface area contributed by atoms with Gasteiger partial charge in [-0.05, 0) is 34.1 Å². The van der Waals surface area contributed by atoms with Crippen molar-refractivity contribution in [2.24, 2.45) is 0 Å². The summed E-state index contributed by atoms with van der Waals surface area (Å²) >= 11 is 10.6. The molecule has 0 fully saturated rings. The Morgan fingerprint density at radius 2 is 2.04 bits per heavy atom. The lowest BCUT2D eigenvalue weighted by Gasteiger charge is -2.05. The molecular weight excluding hydrogens is 412 g/mol. The van der Waals surface area contributed by atoms with Crippen molar-refractivity contribution >= 4 is 50.9 Å². The van der Waals surface area contributed by atoms with E-state index in [4.69, 9.17) is 11.6 Å². The van der Waals surface area contributed by atoms with Crippen LogP contribution < -0.4 is 5.32 Å². The number of anilines is 1. The highest BCUT2D eigenvalue weighted by atomic mass is 79.9. The summed E-state index contributed by atoms with van der Waals surface area (Å²) < 4.78 is 0.783. The second-order valence-corrected chi connectivity index (χ2v) is 7.00. The van der Waals surface area contributed by atoms with Gasteiger partial charge in [-0.1, -0.05) is 53.7 Å². The summed E-state index contributed by atoms with van der Waals surface area (Å²) in [4.78, 5) is 16.4. The van der Waals surface area contributed by atoms with Gasteiger partial charge in [0.25, 0.3) is 0 Å². The summed E-state index contributed by atoms with van der Waals surface area (Å²) in [5, 5.41) is 10.8. The van der Waals surface area contributed by atoms with Gasteiger partial charge >= 0.3 is 0 Å². The predicted molar refractivity (Wildman–Crippen MR) is 100 cm³/mol. The molecule has 0 bridgehead atoms. The fraction of sp³-hybridized carbons (Fsp3) is 0.0625. The third-order valence-corrected chi connectivity index (χ3v) is 5.13. The molecule has 8 heteroatoms. The zero-order valence-corrected chi connectivity index (χ0v) is 15.5. The Bertz CT molecular complexity index is 856. The van der Waals surface area contributed by atoms with E-state index >= 15 is 0 Å². The number of hydrogen-bond acceptors (Lipinski definition) is 4. The SMILES string of the molecule is O=C(CSc1n[nH]c(-c2ccccc2)n1)Nc1ccc(Br)c(Cl)c1. The van der Waals surface area contributed by atoms with Crippen LogP contribution in [0.5, 0.6) is 0 Å². The monoisotopic (exact) mass is 422 g/mol. The van der Waals surface area contributed by atoms with Crippen molar-refractivity contribution in [3.05, 3.63) is 58.0 Å². The van der Waals surface area contributed by atoms with Gasteiger partial charge in [-0.15, -0.1) is 5.10 Å². The Hall–Kier alpha value is -1.83. The van der Waals surface area contributed by atoms with Crippen LogP contribution >= 0.6 is 39.3 Å². The first-order chi connectivity index (χ1) is 11.6. The number of rotatable bonds is 5. The van der Waals surface area contributed by atoms with E-state index in [1.165, 1.54) is 11.8 Å². The first-order valence-corrected chi connectivity index (χ1v) is 9.13. The summed E-state index contributed by atoms with van der Waals surface area (Å²) in [5.41, 5.74) is 1.60. The number of amides is 1. The third kappa shape index (κ3) is 4.37. The minimum Gasteiger partial charge on any atom is -0.325 e. The number of hydrogen-bond donors (Lipinski definition) is 2. The Morgan fingerprint density at radius 3 is 2.79 bits per heavy atom. The maximum absolute atomic E-state index is 12.0. The molecular formula is C16H12BrClN4OS. The van der Waals surface area contributed by atoms with Crippen LogP contribution in [0.3, 0.4) is 0 Å². The van der Waals surface area contributed by atoms with Crippen molar-refractivity contribution in [3.63, 3.8) is 0 Å². The van der Waals surface area contributed by atoms with Gasteiger partial charge in [-0.2, -0.15) is 0 Å². The van der Waals surface area contributed by atoms with Crippen LogP contribution in [0, 0.1) is 0 Å². The number of benzene rings is 2. The molecule has 3 rings (SSSR count). The molecule has 122 valence electrons. The molecule has 0 saturated carbocycles. The quantitative estimate of drug-likeness (QED) is 0.588. The van der Waals surface area contributed by atoms with Gasteiger partial charge in [0.05, 0.1) is 10.8 Å². The zero-order valence-electron chi connectivity index (χ0n) is 12.3. The third-order valence-electron chi connectivity index (χ3n) is 3.05. The van der Waals surface area contributed by atoms with Gasteiger partial charge in [-0.25, -0.2) is 4.98 Å². The average molecular weight is 424 g/mol. The van der Waals surface area contributed by atoms with Crippen molar-refractivity contribution < 1.29 is 4.79 Å². The van der Waals surface area contributed by atoms with E-state index in [9.17, 15) is 4.79 Å². The molecule has 2 N–H and O–H groups in total. The molecule has 1 heterocycles. The lowest BCUT2D eigenvalue weighted by molar-refractivity contribution is -0.113. The van der Waals surface area contributed by atoms with Crippen molar-refractivity contribution in [1.29, 1.82) is 0 Å². The van der Waals surface area contributed by atoms with Crippen LogP contribution in [0.4, 0.5) is 5.69 Å². The van der Waals surface area contributed by atoms with Crippen LogP contribution in [-0.2, 0) is 4.79 Å². The number of thioether (sulfide) groups is 1. The number of nitrogens with one attached hydrogen (secondary N) is 2. The molecule has 0 aliphatic rings. The Morgan fingerprint density at radius 1 is 1.25 bits per heavy atom.